The molecule has 0 unspecified atom stereocenters. The van der Waals surface area contributed by atoms with Gasteiger partial charge in [-0.3, -0.25) is 0 Å². The molecule has 0 aliphatic heterocycles. The van der Waals surface area contributed by atoms with Crippen molar-refractivity contribution in [2.75, 3.05) is 46.6 Å². The Hall–Kier alpha value is -7.71. The van der Waals surface area contributed by atoms with E-state index >= 15 is 52.7 Å². The molecule has 8 aromatic carbocycles. The van der Waals surface area contributed by atoms with Crippen molar-refractivity contribution in [3.8, 4) is 0 Å². The number of hydrogen-bond donors (Lipinski definition) is 0. The highest BCUT2D eigenvalue weighted by Gasteiger charge is 2.51. The average molecular weight is 1440 g/mol. The molecule has 0 atom stereocenters. The molecule has 0 aliphatic carbocycles. The molecule has 0 heterocycles. The summed E-state index contributed by atoms with van der Waals surface area (Å²) in [5.41, 5.74) is -14.7. The fourth-order valence-electron chi connectivity index (χ4n) is 11.5. The minimum Gasteiger partial charge on any atom is -0.327 e. The summed E-state index contributed by atoms with van der Waals surface area (Å²) in [6.07, 6.45) is -14.6. The minimum atomic E-state index is -5.58. The lowest BCUT2D eigenvalue weighted by Gasteiger charge is -2.45. The second kappa shape index (κ2) is 28.9. The van der Waals surface area contributed by atoms with Gasteiger partial charge in [-0.15, -0.1) is 68.6 Å². The van der Waals surface area contributed by atoms with E-state index in [2.05, 4.69) is 0 Å². The fraction of sp³-hybridized carbons (Fsp3) is 0.186. The van der Waals surface area contributed by atoms with E-state index in [1.807, 2.05) is 0 Å². The number of benzene rings is 8. The molecular weight excluding hydrogens is 1400 g/mol. The largest absolute Gasteiger partial charge is 0.327 e. The highest BCUT2D eigenvalue weighted by Crippen LogP contribution is 2.34. The smallest absolute Gasteiger partial charge is 0.200 e. The van der Waals surface area contributed by atoms with E-state index in [-0.39, 0.29) is 18.4 Å². The van der Waals surface area contributed by atoms with E-state index < -0.39 is 254 Å². The minimum absolute atomic E-state index is 0.168. The molecule has 0 N–H and O–H groups in total. The van der Waals surface area contributed by atoms with Crippen LogP contribution in [0.3, 0.4) is 0 Å². The molecule has 0 fully saturated rings. The van der Waals surface area contributed by atoms with E-state index in [9.17, 15) is 79.0 Å². The van der Waals surface area contributed by atoms with Gasteiger partial charge in [0.25, 0.3) is 0 Å². The van der Waals surface area contributed by atoms with Crippen LogP contribution in [0.4, 0.5) is 132 Å². The van der Waals surface area contributed by atoms with Crippen LogP contribution in [0, 0.1) is 175 Å². The van der Waals surface area contributed by atoms with Gasteiger partial charge in [0, 0.05) is 24.2 Å². The molecule has 0 aliphatic rings. The number of nitrogens with zero attached hydrogens (tertiary/aromatic N) is 2. The van der Waals surface area contributed by atoms with Gasteiger partial charge in [0.2, 0.25) is 0 Å². The number of alkyl halides is 2. The number of halogens is 32. The Kier molecular flexibility index (Phi) is 23.2. The zero-order valence-electron chi connectivity index (χ0n) is 47.9. The first-order valence-corrected chi connectivity index (χ1v) is 27.4. The van der Waals surface area contributed by atoms with E-state index in [1.54, 1.807) is 12.1 Å². The zero-order valence-corrected chi connectivity index (χ0v) is 49.4. The summed E-state index contributed by atoms with van der Waals surface area (Å²) in [6.45, 7) is -2.21. The Labute approximate surface area is 526 Å². The molecule has 8 aromatic rings. The van der Waals surface area contributed by atoms with Crippen molar-refractivity contribution in [3.05, 3.63) is 246 Å². The van der Waals surface area contributed by atoms with Gasteiger partial charge in [-0.1, -0.05) is 60.7 Å². The number of rotatable bonds is 16. The third kappa shape index (κ3) is 13.6. The van der Waals surface area contributed by atoms with Crippen LogP contribution >= 0.6 is 23.2 Å². The van der Waals surface area contributed by atoms with Gasteiger partial charge in [-0.2, -0.15) is 0 Å². The zero-order chi connectivity index (χ0) is 72.0. The molecule has 0 spiro atoms. The first-order chi connectivity index (χ1) is 44.0. The predicted octanol–water partition coefficient (Wildman–Crippen LogP) is 14.5. The van der Waals surface area contributed by atoms with Gasteiger partial charge in [-0.05, 0) is 0 Å². The Morgan fingerprint density at radius 3 is 0.495 bits per heavy atom. The van der Waals surface area contributed by atoms with Gasteiger partial charge in [0.05, 0.1) is 33.5 Å². The Morgan fingerprint density at radius 1 is 0.232 bits per heavy atom. The van der Waals surface area contributed by atoms with Crippen molar-refractivity contribution in [2.24, 2.45) is 0 Å². The lowest BCUT2D eigenvalue weighted by Crippen LogP contribution is -2.74. The van der Waals surface area contributed by atoms with E-state index in [0.29, 0.717) is 11.1 Å². The van der Waals surface area contributed by atoms with Crippen molar-refractivity contribution in [2.45, 2.75) is 25.7 Å². The SMILES string of the molecule is C[N+](C)(CC[B-](c1c(F)c(F)c(F)c(F)c1F)(c1c(F)c(F)c(F)c(F)c1F)c1c(F)c(F)c(F)c(F)c1F)Cc1ccccc1.C[N+](C)(CC[B-](c1c(F)c(F)c(F)c(F)c1F)(c1c(F)c(F)c(F)c(F)c1F)c1c(F)c(F)c(F)c(F)c1F)Cc1ccccc1.ClCCl. The van der Waals surface area contributed by atoms with Crippen LogP contribution < -0.4 is 32.8 Å². The van der Waals surface area contributed by atoms with Crippen LogP contribution in [0.1, 0.15) is 11.1 Å². The van der Waals surface area contributed by atoms with Gasteiger partial charge in [0.15, 0.2) is 105 Å². The number of quaternary nitrogens is 2. The Morgan fingerprint density at radius 2 is 0.358 bits per heavy atom. The summed E-state index contributed by atoms with van der Waals surface area (Å²) in [7, 11) is 5.01. The van der Waals surface area contributed by atoms with Gasteiger partial charge < -0.3 is 8.97 Å². The topological polar surface area (TPSA) is 0 Å². The third-order valence-corrected chi connectivity index (χ3v) is 15.7. The van der Waals surface area contributed by atoms with Gasteiger partial charge in [-0.25, -0.2) is 132 Å². The molecule has 512 valence electrons. The summed E-state index contributed by atoms with van der Waals surface area (Å²) in [4.78, 5) is 0. The van der Waals surface area contributed by atoms with Gasteiger partial charge in [0.1, 0.15) is 95.2 Å². The van der Waals surface area contributed by atoms with Crippen LogP contribution in [0.2, 0.25) is 12.6 Å². The maximum Gasteiger partial charge on any atom is 0.200 e. The van der Waals surface area contributed by atoms with Crippen LogP contribution in [-0.4, -0.2) is 67.9 Å². The molecule has 0 amide bonds. The normalized spacial score (nSPS) is 12.1. The van der Waals surface area contributed by atoms with E-state index in [1.165, 1.54) is 76.7 Å². The van der Waals surface area contributed by atoms with Crippen LogP contribution in [0.25, 0.3) is 0 Å². The first-order valence-electron chi connectivity index (χ1n) is 26.3. The molecule has 2 nitrogen and oxygen atoms in total. The standard InChI is InChI=1S/2C29H17BF15N.CH2Cl2/c2*1-46(2,10-11-6-4-3-5-7-11)9-8-30(12-15(31)21(37)27(43)22(38)16(12)32,13-17(33)23(39)28(44)24(40)18(13)34)14-19(35)25(41)29(45)26(42)20(14)36;2-1-3/h2*3-7H,8-10H2,1-2H3;1H2. The number of hydrogen-bond acceptors (Lipinski definition) is 0. The maximum absolute atomic E-state index is 15.6. The quantitative estimate of drug-likeness (QED) is 0.0226. The van der Waals surface area contributed by atoms with Crippen LogP contribution in [0.15, 0.2) is 60.7 Å². The molecule has 0 bridgehead atoms. The van der Waals surface area contributed by atoms with Crippen LogP contribution in [0.5, 0.6) is 0 Å². The molecular formula is C59H36B2Cl2F30N2. The van der Waals surface area contributed by atoms with Gasteiger partial charge >= 0.3 is 0 Å². The summed E-state index contributed by atoms with van der Waals surface area (Å²) >= 11 is 9.53. The third-order valence-electron chi connectivity index (χ3n) is 15.7. The molecule has 36 heteroatoms. The Balaban J connectivity index is 0.000000289. The second-order valence-corrected chi connectivity index (χ2v) is 23.1. The van der Waals surface area contributed by atoms with Crippen molar-refractivity contribution >= 4 is 68.3 Å². The van der Waals surface area contributed by atoms with Crippen molar-refractivity contribution < 1.29 is 141 Å². The lowest BCUT2D eigenvalue weighted by atomic mass is 9.13. The highest BCUT2D eigenvalue weighted by molar-refractivity contribution is 7.12. The lowest BCUT2D eigenvalue weighted by molar-refractivity contribution is -0.901. The molecule has 8 rings (SSSR count). The molecule has 95 heavy (non-hydrogen) atoms. The van der Waals surface area contributed by atoms with Crippen molar-refractivity contribution in [1.82, 2.24) is 0 Å². The average Bonchev–Trinajstić information content (AvgIpc) is 0.707. The molecule has 0 aromatic heterocycles. The van der Waals surface area contributed by atoms with E-state index in [0.717, 1.165) is 0 Å². The first kappa shape index (κ1) is 76.3. The van der Waals surface area contributed by atoms with Crippen molar-refractivity contribution in [3.63, 3.8) is 0 Å². The summed E-state index contributed by atoms with van der Waals surface area (Å²) in [5.74, 6) is -89.9. The fourth-order valence-corrected chi connectivity index (χ4v) is 11.5. The highest BCUT2D eigenvalue weighted by atomic mass is 35.5. The monoisotopic (exact) mass is 1430 g/mol. The predicted molar refractivity (Wildman–Crippen MR) is 287 cm³/mol. The molecule has 0 radical (unpaired) electrons. The summed E-state index contributed by atoms with van der Waals surface area (Å²) < 4.78 is 446. The maximum atomic E-state index is 15.6. The summed E-state index contributed by atoms with van der Waals surface area (Å²) in [5, 5.41) is 0.194. The summed E-state index contributed by atoms with van der Waals surface area (Å²) in [6, 6.07) is 15.3. The van der Waals surface area contributed by atoms with Crippen LogP contribution in [-0.2, 0) is 13.1 Å². The molecule has 0 saturated heterocycles. The van der Waals surface area contributed by atoms with E-state index in [4.69, 9.17) is 23.2 Å². The molecule has 0 saturated carbocycles. The second-order valence-electron chi connectivity index (χ2n) is 22.3. The van der Waals surface area contributed by atoms with Crippen molar-refractivity contribution in [1.29, 1.82) is 0 Å². The Bertz CT molecular complexity index is 3510.